The predicted octanol–water partition coefficient (Wildman–Crippen LogP) is 3.73. The fourth-order valence-electron chi connectivity index (χ4n) is 1.49. The quantitative estimate of drug-likeness (QED) is 0.699. The lowest BCUT2D eigenvalue weighted by Gasteiger charge is -2.14. The third kappa shape index (κ3) is 4.82. The minimum atomic E-state index is 1.13. The van der Waals surface area contributed by atoms with Gasteiger partial charge in [-0.05, 0) is 25.0 Å². The van der Waals surface area contributed by atoms with Crippen LogP contribution < -0.4 is 4.90 Å². The highest BCUT2D eigenvalue weighted by molar-refractivity contribution is 5.38. The van der Waals surface area contributed by atoms with Crippen LogP contribution >= 0.6 is 0 Å². The molecule has 15 heavy (non-hydrogen) atoms. The lowest BCUT2D eigenvalue weighted by Crippen LogP contribution is -2.18. The zero-order chi connectivity index (χ0) is 11.5. The van der Waals surface area contributed by atoms with Crippen molar-refractivity contribution in [1.82, 2.24) is 4.98 Å². The van der Waals surface area contributed by atoms with Crippen LogP contribution in [0.1, 0.15) is 40.5 Å². The molecule has 0 unspecified atom stereocenters. The molecular formula is C13H24N2. The summed E-state index contributed by atoms with van der Waals surface area (Å²) < 4.78 is 0. The second-order valence-electron chi connectivity index (χ2n) is 2.88. The molecule has 86 valence electrons. The molecule has 1 fully saturated rings. The molecule has 1 aliphatic rings. The second kappa shape index (κ2) is 9.50. The smallest absolute Gasteiger partial charge is 0.128 e. The summed E-state index contributed by atoms with van der Waals surface area (Å²) in [5.74, 6) is 1.13. The van der Waals surface area contributed by atoms with Crippen LogP contribution in [0.4, 0.5) is 5.82 Å². The number of hydrogen-bond acceptors (Lipinski definition) is 2. The van der Waals surface area contributed by atoms with E-state index in [2.05, 4.69) is 16.0 Å². The fraction of sp³-hybridized carbons (Fsp3) is 0.615. The van der Waals surface area contributed by atoms with Crippen molar-refractivity contribution >= 4 is 5.82 Å². The first-order chi connectivity index (χ1) is 7.47. The number of hydrogen-bond donors (Lipinski definition) is 0. The van der Waals surface area contributed by atoms with Gasteiger partial charge in [0, 0.05) is 19.3 Å². The number of anilines is 1. The molecule has 2 rings (SSSR count). The van der Waals surface area contributed by atoms with E-state index in [1.807, 2.05) is 46.0 Å². The maximum Gasteiger partial charge on any atom is 0.128 e. The van der Waals surface area contributed by atoms with Gasteiger partial charge in [0.05, 0.1) is 0 Å². The van der Waals surface area contributed by atoms with Crippen molar-refractivity contribution in [3.63, 3.8) is 0 Å². The van der Waals surface area contributed by atoms with E-state index in [9.17, 15) is 0 Å². The fourth-order valence-corrected chi connectivity index (χ4v) is 1.49. The molecule has 0 atom stereocenters. The van der Waals surface area contributed by atoms with Crippen LogP contribution in [0.25, 0.3) is 0 Å². The highest BCUT2D eigenvalue weighted by Crippen LogP contribution is 2.15. The summed E-state index contributed by atoms with van der Waals surface area (Å²) in [6.07, 6.45) is 4.49. The predicted molar refractivity (Wildman–Crippen MR) is 68.4 cm³/mol. The second-order valence-corrected chi connectivity index (χ2v) is 2.88. The Labute approximate surface area is 94.3 Å². The van der Waals surface area contributed by atoms with Gasteiger partial charge in [-0.2, -0.15) is 0 Å². The Balaban J connectivity index is 0.000000442. The lowest BCUT2D eigenvalue weighted by atomic mass is 10.4. The van der Waals surface area contributed by atoms with E-state index in [-0.39, 0.29) is 0 Å². The van der Waals surface area contributed by atoms with Crippen LogP contribution in [0.3, 0.4) is 0 Å². The Kier molecular flexibility index (Phi) is 8.84. The molecule has 1 aromatic heterocycles. The summed E-state index contributed by atoms with van der Waals surface area (Å²) in [6, 6.07) is 6.07. The Morgan fingerprint density at radius 1 is 1.00 bits per heavy atom. The average Bonchev–Trinajstić information content (AvgIpc) is 2.89. The van der Waals surface area contributed by atoms with Gasteiger partial charge in [-0.25, -0.2) is 4.98 Å². The molecule has 0 saturated carbocycles. The monoisotopic (exact) mass is 208 g/mol. The SMILES string of the molecule is CC.CC.c1ccc(N2CCCC2)nc1. The van der Waals surface area contributed by atoms with E-state index in [0.29, 0.717) is 0 Å². The molecular weight excluding hydrogens is 184 g/mol. The van der Waals surface area contributed by atoms with Gasteiger partial charge in [-0.15, -0.1) is 0 Å². The first kappa shape index (κ1) is 13.9. The van der Waals surface area contributed by atoms with Crippen molar-refractivity contribution in [3.8, 4) is 0 Å². The summed E-state index contributed by atoms with van der Waals surface area (Å²) >= 11 is 0. The van der Waals surface area contributed by atoms with Crippen LogP contribution in [0, 0.1) is 0 Å². The van der Waals surface area contributed by atoms with Crippen molar-refractivity contribution in [2.45, 2.75) is 40.5 Å². The normalized spacial score (nSPS) is 13.5. The minimum absolute atomic E-state index is 1.13. The molecule has 2 heterocycles. The summed E-state index contributed by atoms with van der Waals surface area (Å²) in [5.41, 5.74) is 0. The maximum absolute atomic E-state index is 4.29. The minimum Gasteiger partial charge on any atom is -0.357 e. The summed E-state index contributed by atoms with van der Waals surface area (Å²) in [5, 5.41) is 0. The standard InChI is InChI=1S/C9H12N2.2C2H6/c1-2-6-10-9(5-1)11-7-3-4-8-11;2*1-2/h1-2,5-6H,3-4,7-8H2;2*1-2H3. The Morgan fingerprint density at radius 3 is 2.07 bits per heavy atom. The first-order valence-electron chi connectivity index (χ1n) is 6.13. The number of rotatable bonds is 1. The van der Waals surface area contributed by atoms with Crippen LogP contribution in [0.2, 0.25) is 0 Å². The number of pyridine rings is 1. The van der Waals surface area contributed by atoms with Crippen LogP contribution in [0.5, 0.6) is 0 Å². The van der Waals surface area contributed by atoms with Gasteiger partial charge >= 0.3 is 0 Å². The molecule has 1 aliphatic heterocycles. The zero-order valence-corrected chi connectivity index (χ0v) is 10.5. The van der Waals surface area contributed by atoms with Gasteiger partial charge in [0.1, 0.15) is 5.82 Å². The summed E-state index contributed by atoms with van der Waals surface area (Å²) in [7, 11) is 0. The van der Waals surface area contributed by atoms with Gasteiger partial charge in [-0.3, -0.25) is 0 Å². The first-order valence-corrected chi connectivity index (χ1v) is 6.13. The zero-order valence-electron chi connectivity index (χ0n) is 10.5. The van der Waals surface area contributed by atoms with Crippen LogP contribution in [0.15, 0.2) is 24.4 Å². The highest BCUT2D eigenvalue weighted by Gasteiger charge is 2.11. The maximum atomic E-state index is 4.29. The van der Waals surface area contributed by atoms with Crippen molar-refractivity contribution in [3.05, 3.63) is 24.4 Å². The van der Waals surface area contributed by atoms with Gasteiger partial charge in [0.2, 0.25) is 0 Å². The largest absolute Gasteiger partial charge is 0.357 e. The summed E-state index contributed by atoms with van der Waals surface area (Å²) in [4.78, 5) is 6.62. The molecule has 0 spiro atoms. The third-order valence-electron chi connectivity index (χ3n) is 2.08. The molecule has 0 bridgehead atoms. The number of nitrogens with zero attached hydrogens (tertiary/aromatic N) is 2. The Bertz CT molecular complexity index is 215. The molecule has 0 aliphatic carbocycles. The molecule has 0 amide bonds. The molecule has 1 saturated heterocycles. The highest BCUT2D eigenvalue weighted by atomic mass is 15.2. The van der Waals surface area contributed by atoms with Gasteiger partial charge in [0.25, 0.3) is 0 Å². The Morgan fingerprint density at radius 2 is 1.60 bits per heavy atom. The molecule has 2 heteroatoms. The molecule has 2 nitrogen and oxygen atoms in total. The summed E-state index contributed by atoms with van der Waals surface area (Å²) in [6.45, 7) is 10.4. The van der Waals surface area contributed by atoms with Crippen molar-refractivity contribution < 1.29 is 0 Å². The molecule has 1 aromatic rings. The lowest BCUT2D eigenvalue weighted by molar-refractivity contribution is 0.938. The third-order valence-corrected chi connectivity index (χ3v) is 2.08. The van der Waals surface area contributed by atoms with Crippen molar-refractivity contribution in [1.29, 1.82) is 0 Å². The van der Waals surface area contributed by atoms with Crippen LogP contribution in [-0.4, -0.2) is 18.1 Å². The van der Waals surface area contributed by atoms with E-state index < -0.39 is 0 Å². The van der Waals surface area contributed by atoms with E-state index >= 15 is 0 Å². The van der Waals surface area contributed by atoms with Gasteiger partial charge in [-0.1, -0.05) is 33.8 Å². The molecule has 0 aromatic carbocycles. The molecule has 0 N–H and O–H groups in total. The molecule has 0 radical (unpaired) electrons. The van der Waals surface area contributed by atoms with E-state index in [0.717, 1.165) is 5.82 Å². The number of aromatic nitrogens is 1. The van der Waals surface area contributed by atoms with Crippen LogP contribution in [-0.2, 0) is 0 Å². The van der Waals surface area contributed by atoms with Gasteiger partial charge < -0.3 is 4.90 Å². The van der Waals surface area contributed by atoms with E-state index in [1.54, 1.807) is 0 Å². The van der Waals surface area contributed by atoms with E-state index in [4.69, 9.17) is 0 Å². The van der Waals surface area contributed by atoms with Crippen molar-refractivity contribution in [2.75, 3.05) is 18.0 Å². The average molecular weight is 208 g/mol. The van der Waals surface area contributed by atoms with E-state index in [1.165, 1.54) is 25.9 Å². The van der Waals surface area contributed by atoms with Gasteiger partial charge in [0.15, 0.2) is 0 Å². The Hall–Kier alpha value is -1.05. The van der Waals surface area contributed by atoms with Crippen molar-refractivity contribution in [2.24, 2.45) is 0 Å². The topological polar surface area (TPSA) is 16.1 Å².